The van der Waals surface area contributed by atoms with Crippen LogP contribution >= 0.6 is 0 Å². The smallest absolute Gasteiger partial charge is 0.408 e. The van der Waals surface area contributed by atoms with E-state index in [-0.39, 0.29) is 25.1 Å². The molecule has 8 heteroatoms. The third kappa shape index (κ3) is 5.05. The maximum atomic E-state index is 11.8. The van der Waals surface area contributed by atoms with Crippen molar-refractivity contribution in [3.05, 3.63) is 35.9 Å². The summed E-state index contributed by atoms with van der Waals surface area (Å²) in [5, 5.41) is 4.69. The monoisotopic (exact) mass is 320 g/mol. The summed E-state index contributed by atoms with van der Waals surface area (Å²) >= 11 is 0. The van der Waals surface area contributed by atoms with Gasteiger partial charge < -0.3 is 10.1 Å². The van der Waals surface area contributed by atoms with Gasteiger partial charge in [-0.1, -0.05) is 37.3 Å². The minimum atomic E-state index is -1.19. The van der Waals surface area contributed by atoms with Crippen molar-refractivity contribution in [1.82, 2.24) is 10.6 Å². The summed E-state index contributed by atoms with van der Waals surface area (Å²) in [6.07, 6.45) is -0.186. The molecule has 0 saturated carbocycles. The molecule has 2 N–H and O–H groups in total. The van der Waals surface area contributed by atoms with Crippen LogP contribution in [0.15, 0.2) is 30.3 Å². The molecule has 0 bridgehead atoms. The highest BCUT2D eigenvalue weighted by atomic mass is 16.5. The van der Waals surface area contributed by atoms with E-state index in [9.17, 15) is 14.4 Å². The van der Waals surface area contributed by atoms with Gasteiger partial charge in [0.05, 0.1) is 6.42 Å². The topological polar surface area (TPSA) is 119 Å². The van der Waals surface area contributed by atoms with Crippen LogP contribution in [0, 0.1) is 0 Å². The van der Waals surface area contributed by atoms with Crippen molar-refractivity contribution in [3.8, 4) is 0 Å². The standard InChI is InChI=1S/C14H16N2O4.CO2/c1-2-14(8-11(17)15-12(14)18)16-13(19)20-9-10-6-4-3-5-7-10;2-1-3/h3-7H,2,8-9H2,1H3,(H,16,19)(H,15,17,18);/t14-;/m1./s1. The Bertz CT molecular complexity index is 610. The fourth-order valence-electron chi connectivity index (χ4n) is 2.07. The zero-order chi connectivity index (χ0) is 17.3. The predicted octanol–water partition coefficient (Wildman–Crippen LogP) is 0.525. The van der Waals surface area contributed by atoms with Gasteiger partial charge in [0.25, 0.3) is 5.91 Å². The van der Waals surface area contributed by atoms with E-state index in [1.165, 1.54) is 0 Å². The maximum Gasteiger partial charge on any atom is 0.408 e. The fraction of sp³-hybridized carbons (Fsp3) is 0.333. The van der Waals surface area contributed by atoms with E-state index in [2.05, 4.69) is 10.6 Å². The van der Waals surface area contributed by atoms with Crippen LogP contribution in [0.1, 0.15) is 25.3 Å². The van der Waals surface area contributed by atoms with E-state index in [4.69, 9.17) is 14.3 Å². The summed E-state index contributed by atoms with van der Waals surface area (Å²) in [7, 11) is 0. The Morgan fingerprint density at radius 3 is 2.39 bits per heavy atom. The Morgan fingerprint density at radius 2 is 1.91 bits per heavy atom. The predicted molar refractivity (Wildman–Crippen MR) is 75.6 cm³/mol. The molecule has 3 amide bonds. The van der Waals surface area contributed by atoms with Gasteiger partial charge in [0.2, 0.25) is 5.91 Å². The Kier molecular flexibility index (Phi) is 6.64. The lowest BCUT2D eigenvalue weighted by atomic mass is 9.94. The molecule has 0 radical (unpaired) electrons. The van der Waals surface area contributed by atoms with E-state index in [1.54, 1.807) is 6.92 Å². The lowest BCUT2D eigenvalue weighted by Gasteiger charge is -2.24. The molecule has 1 fully saturated rings. The number of alkyl carbamates (subject to hydrolysis) is 1. The molecule has 0 aromatic heterocycles. The maximum absolute atomic E-state index is 11.8. The average Bonchev–Trinajstić information content (AvgIpc) is 2.81. The van der Waals surface area contributed by atoms with Crippen LogP contribution in [0.25, 0.3) is 0 Å². The molecule has 1 aromatic carbocycles. The summed E-state index contributed by atoms with van der Waals surface area (Å²) in [6.45, 7) is 1.84. The van der Waals surface area contributed by atoms with Crippen LogP contribution in [0.3, 0.4) is 0 Å². The minimum Gasteiger partial charge on any atom is -0.445 e. The number of hydrogen-bond acceptors (Lipinski definition) is 6. The summed E-state index contributed by atoms with van der Waals surface area (Å²) in [5.74, 6) is -0.873. The van der Waals surface area contributed by atoms with Crippen LogP contribution < -0.4 is 10.6 Å². The molecule has 1 saturated heterocycles. The number of nitrogens with one attached hydrogen (secondary N) is 2. The van der Waals surface area contributed by atoms with E-state index in [0.29, 0.717) is 6.42 Å². The van der Waals surface area contributed by atoms with E-state index in [0.717, 1.165) is 5.56 Å². The van der Waals surface area contributed by atoms with E-state index < -0.39 is 17.5 Å². The molecule has 8 nitrogen and oxygen atoms in total. The molecular weight excluding hydrogens is 304 g/mol. The zero-order valence-electron chi connectivity index (χ0n) is 12.5. The van der Waals surface area contributed by atoms with Gasteiger partial charge >= 0.3 is 12.2 Å². The van der Waals surface area contributed by atoms with Crippen LogP contribution in [-0.4, -0.2) is 29.6 Å². The highest BCUT2D eigenvalue weighted by molar-refractivity contribution is 6.09. The van der Waals surface area contributed by atoms with Gasteiger partial charge in [0.15, 0.2) is 0 Å². The average molecular weight is 320 g/mol. The first-order valence-electron chi connectivity index (χ1n) is 6.80. The summed E-state index contributed by atoms with van der Waals surface area (Å²) in [6, 6.07) is 9.20. The third-order valence-electron chi connectivity index (χ3n) is 3.31. The first-order chi connectivity index (χ1) is 11.0. The molecule has 23 heavy (non-hydrogen) atoms. The van der Waals surface area contributed by atoms with Gasteiger partial charge in [-0.05, 0) is 12.0 Å². The van der Waals surface area contributed by atoms with Crippen molar-refractivity contribution in [3.63, 3.8) is 0 Å². The fourth-order valence-corrected chi connectivity index (χ4v) is 2.07. The quantitative estimate of drug-likeness (QED) is 0.781. The highest BCUT2D eigenvalue weighted by Gasteiger charge is 2.46. The van der Waals surface area contributed by atoms with Crippen molar-refractivity contribution in [2.75, 3.05) is 0 Å². The first-order valence-corrected chi connectivity index (χ1v) is 6.80. The second kappa shape index (κ2) is 8.45. The van der Waals surface area contributed by atoms with Crippen LogP contribution in [-0.2, 0) is 30.5 Å². The molecule has 0 spiro atoms. The van der Waals surface area contributed by atoms with Crippen molar-refractivity contribution < 1.29 is 28.7 Å². The van der Waals surface area contributed by atoms with Crippen molar-refractivity contribution >= 4 is 24.1 Å². The second-order valence-corrected chi connectivity index (χ2v) is 4.76. The number of carbonyl (C=O) groups is 3. The molecule has 1 aliphatic heterocycles. The van der Waals surface area contributed by atoms with Gasteiger partial charge in [0, 0.05) is 0 Å². The van der Waals surface area contributed by atoms with Crippen molar-refractivity contribution in [1.29, 1.82) is 0 Å². The van der Waals surface area contributed by atoms with Crippen LogP contribution in [0.2, 0.25) is 0 Å². The Morgan fingerprint density at radius 1 is 1.30 bits per heavy atom. The molecule has 122 valence electrons. The SMILES string of the molecule is CC[C@@]1(NC(=O)OCc2ccccc2)CC(=O)NC1=O.O=C=O. The molecule has 1 aliphatic rings. The molecule has 1 atom stereocenters. The summed E-state index contributed by atoms with van der Waals surface area (Å²) in [5.41, 5.74) is -0.342. The Hall–Kier alpha value is -2.99. The normalized spacial score (nSPS) is 19.0. The third-order valence-corrected chi connectivity index (χ3v) is 3.31. The second-order valence-electron chi connectivity index (χ2n) is 4.76. The largest absolute Gasteiger partial charge is 0.445 e. The molecule has 0 aliphatic carbocycles. The lowest BCUT2D eigenvalue weighted by Crippen LogP contribution is -2.53. The number of rotatable bonds is 4. The number of imide groups is 1. The van der Waals surface area contributed by atoms with E-state index >= 15 is 0 Å². The van der Waals surface area contributed by atoms with Crippen LogP contribution in [0.5, 0.6) is 0 Å². The lowest BCUT2D eigenvalue weighted by molar-refractivity contribution is -0.191. The number of ether oxygens (including phenoxy) is 1. The zero-order valence-corrected chi connectivity index (χ0v) is 12.5. The summed E-state index contributed by atoms with van der Waals surface area (Å²) < 4.78 is 5.06. The van der Waals surface area contributed by atoms with Crippen LogP contribution in [0.4, 0.5) is 4.79 Å². The van der Waals surface area contributed by atoms with Gasteiger partial charge in [-0.25, -0.2) is 4.79 Å². The van der Waals surface area contributed by atoms with E-state index in [1.807, 2.05) is 30.3 Å². The number of carbonyl (C=O) groups excluding carboxylic acids is 5. The summed E-state index contributed by atoms with van der Waals surface area (Å²) in [4.78, 5) is 51.0. The Labute approximate surface area is 132 Å². The van der Waals surface area contributed by atoms with Crippen molar-refractivity contribution in [2.24, 2.45) is 0 Å². The molecule has 1 aromatic rings. The van der Waals surface area contributed by atoms with Gasteiger partial charge in [-0.15, -0.1) is 0 Å². The van der Waals surface area contributed by atoms with Gasteiger partial charge in [0.1, 0.15) is 12.1 Å². The molecular formula is C15H16N2O6. The molecule has 1 heterocycles. The number of benzene rings is 1. The first kappa shape index (κ1) is 18.1. The molecule has 2 rings (SSSR count). The highest BCUT2D eigenvalue weighted by Crippen LogP contribution is 2.21. The van der Waals surface area contributed by atoms with Gasteiger partial charge in [-0.2, -0.15) is 9.59 Å². The van der Waals surface area contributed by atoms with Crippen molar-refractivity contribution in [2.45, 2.75) is 31.9 Å². The van der Waals surface area contributed by atoms with Gasteiger partial charge in [-0.3, -0.25) is 14.9 Å². The molecule has 0 unspecified atom stereocenters. The minimum absolute atomic E-state index is 0.0528. The Balaban J connectivity index is 0.000000816. The number of amides is 3. The number of hydrogen-bond donors (Lipinski definition) is 2.